The first-order valence-corrected chi connectivity index (χ1v) is 6.47. The Hall–Kier alpha value is -1.28. The van der Waals surface area contributed by atoms with Crippen LogP contribution in [0.5, 0.6) is 5.75 Å². The smallest absolute Gasteiger partial charge is 0.126 e. The molecule has 1 atom stereocenters. The van der Waals surface area contributed by atoms with Crippen LogP contribution in [0.2, 0.25) is 0 Å². The van der Waals surface area contributed by atoms with E-state index in [0.29, 0.717) is 5.92 Å². The maximum Gasteiger partial charge on any atom is 0.126 e. The van der Waals surface area contributed by atoms with E-state index in [1.165, 1.54) is 12.0 Å². The zero-order chi connectivity index (χ0) is 12.1. The van der Waals surface area contributed by atoms with Crippen molar-refractivity contribution in [3.8, 4) is 5.75 Å². The van der Waals surface area contributed by atoms with E-state index in [-0.39, 0.29) is 0 Å². The fourth-order valence-corrected chi connectivity index (χ4v) is 2.23. The Kier molecular flexibility index (Phi) is 4.21. The fourth-order valence-electron chi connectivity index (χ4n) is 2.23. The van der Waals surface area contributed by atoms with Crippen molar-refractivity contribution in [2.75, 3.05) is 13.1 Å². The van der Waals surface area contributed by atoms with Crippen molar-refractivity contribution in [2.24, 2.45) is 0 Å². The SMILES string of the molecule is CC=C(CC)Oc1ccc(C2CCNC2)cc1. The van der Waals surface area contributed by atoms with Gasteiger partial charge in [0, 0.05) is 13.0 Å². The minimum absolute atomic E-state index is 0.677. The summed E-state index contributed by atoms with van der Waals surface area (Å²) in [5.41, 5.74) is 1.42. The molecular weight excluding hydrogens is 210 g/mol. The number of hydrogen-bond acceptors (Lipinski definition) is 2. The van der Waals surface area contributed by atoms with Crippen LogP contribution in [0, 0.1) is 0 Å². The predicted molar refractivity (Wildman–Crippen MR) is 71.3 cm³/mol. The quantitative estimate of drug-likeness (QED) is 0.801. The Morgan fingerprint density at radius 3 is 2.71 bits per heavy atom. The minimum Gasteiger partial charge on any atom is -0.462 e. The van der Waals surface area contributed by atoms with Crippen molar-refractivity contribution in [2.45, 2.75) is 32.6 Å². The second-order valence-corrected chi connectivity index (χ2v) is 4.47. The molecule has 1 unspecified atom stereocenters. The highest BCUT2D eigenvalue weighted by Crippen LogP contribution is 2.25. The molecule has 1 aromatic carbocycles. The van der Waals surface area contributed by atoms with Crippen LogP contribution < -0.4 is 10.1 Å². The van der Waals surface area contributed by atoms with Gasteiger partial charge in [-0.15, -0.1) is 0 Å². The molecule has 1 heterocycles. The number of benzene rings is 1. The third-order valence-corrected chi connectivity index (χ3v) is 3.33. The summed E-state index contributed by atoms with van der Waals surface area (Å²) >= 11 is 0. The van der Waals surface area contributed by atoms with E-state index in [2.05, 4.69) is 36.5 Å². The summed E-state index contributed by atoms with van der Waals surface area (Å²) in [4.78, 5) is 0. The summed E-state index contributed by atoms with van der Waals surface area (Å²) in [6, 6.07) is 8.53. The molecule has 0 aromatic heterocycles. The number of nitrogens with one attached hydrogen (secondary N) is 1. The van der Waals surface area contributed by atoms with E-state index < -0.39 is 0 Å². The molecule has 92 valence electrons. The molecule has 0 bridgehead atoms. The van der Waals surface area contributed by atoms with Crippen molar-refractivity contribution >= 4 is 0 Å². The molecule has 0 spiro atoms. The maximum absolute atomic E-state index is 5.78. The molecule has 1 aliphatic rings. The van der Waals surface area contributed by atoms with Crippen LogP contribution in [0.15, 0.2) is 36.1 Å². The average molecular weight is 231 g/mol. The second kappa shape index (κ2) is 5.87. The predicted octanol–water partition coefficient (Wildman–Crippen LogP) is 3.46. The Labute approximate surface area is 104 Å². The zero-order valence-corrected chi connectivity index (χ0v) is 10.7. The molecule has 1 fully saturated rings. The van der Waals surface area contributed by atoms with Gasteiger partial charge < -0.3 is 10.1 Å². The highest BCUT2D eigenvalue weighted by atomic mass is 16.5. The molecule has 17 heavy (non-hydrogen) atoms. The zero-order valence-electron chi connectivity index (χ0n) is 10.7. The van der Waals surface area contributed by atoms with Gasteiger partial charge >= 0.3 is 0 Å². The van der Waals surface area contributed by atoms with Gasteiger partial charge in [0.15, 0.2) is 0 Å². The number of hydrogen-bond donors (Lipinski definition) is 1. The third kappa shape index (κ3) is 3.10. The lowest BCUT2D eigenvalue weighted by Gasteiger charge is -2.11. The molecule has 0 aliphatic carbocycles. The largest absolute Gasteiger partial charge is 0.462 e. The lowest BCUT2D eigenvalue weighted by Crippen LogP contribution is -2.07. The van der Waals surface area contributed by atoms with Gasteiger partial charge in [0.05, 0.1) is 5.76 Å². The molecule has 0 saturated carbocycles. The van der Waals surface area contributed by atoms with Gasteiger partial charge in [0.25, 0.3) is 0 Å². The summed E-state index contributed by atoms with van der Waals surface area (Å²) < 4.78 is 5.78. The van der Waals surface area contributed by atoms with E-state index in [9.17, 15) is 0 Å². The molecule has 1 saturated heterocycles. The average Bonchev–Trinajstić information content (AvgIpc) is 2.90. The summed E-state index contributed by atoms with van der Waals surface area (Å²) in [6.07, 6.45) is 4.20. The van der Waals surface area contributed by atoms with E-state index in [1.54, 1.807) is 0 Å². The maximum atomic E-state index is 5.78. The highest BCUT2D eigenvalue weighted by molar-refractivity contribution is 5.31. The van der Waals surface area contributed by atoms with Crippen molar-refractivity contribution < 1.29 is 4.74 Å². The van der Waals surface area contributed by atoms with Crippen LogP contribution in [0.3, 0.4) is 0 Å². The van der Waals surface area contributed by atoms with Gasteiger partial charge in [-0.05, 0) is 49.6 Å². The Bertz CT molecular complexity index is 374. The van der Waals surface area contributed by atoms with E-state index >= 15 is 0 Å². The normalized spacial score (nSPS) is 20.6. The first-order valence-electron chi connectivity index (χ1n) is 6.47. The molecular formula is C15H21NO. The van der Waals surface area contributed by atoms with Crippen LogP contribution in [0.1, 0.15) is 38.2 Å². The van der Waals surface area contributed by atoms with Crippen LogP contribution >= 0.6 is 0 Å². The Morgan fingerprint density at radius 2 is 2.18 bits per heavy atom. The van der Waals surface area contributed by atoms with Gasteiger partial charge in [-0.2, -0.15) is 0 Å². The van der Waals surface area contributed by atoms with Gasteiger partial charge in [-0.3, -0.25) is 0 Å². The fraction of sp³-hybridized carbons (Fsp3) is 0.467. The molecule has 2 nitrogen and oxygen atoms in total. The van der Waals surface area contributed by atoms with Crippen LogP contribution in [0.25, 0.3) is 0 Å². The monoisotopic (exact) mass is 231 g/mol. The third-order valence-electron chi connectivity index (χ3n) is 3.33. The van der Waals surface area contributed by atoms with Gasteiger partial charge in [0.1, 0.15) is 5.75 Å². The van der Waals surface area contributed by atoms with Crippen molar-refractivity contribution in [3.05, 3.63) is 41.7 Å². The molecule has 0 radical (unpaired) electrons. The molecule has 1 aliphatic heterocycles. The second-order valence-electron chi connectivity index (χ2n) is 4.47. The van der Waals surface area contributed by atoms with Crippen LogP contribution in [-0.4, -0.2) is 13.1 Å². The first-order chi connectivity index (χ1) is 8.33. The van der Waals surface area contributed by atoms with Gasteiger partial charge in [-0.1, -0.05) is 19.1 Å². The van der Waals surface area contributed by atoms with Crippen molar-refractivity contribution in [3.63, 3.8) is 0 Å². The molecule has 2 heteroatoms. The molecule has 2 rings (SSSR count). The molecule has 0 amide bonds. The van der Waals surface area contributed by atoms with Crippen LogP contribution in [-0.2, 0) is 0 Å². The van der Waals surface area contributed by atoms with E-state index in [4.69, 9.17) is 4.74 Å². The Balaban J connectivity index is 2.02. The lowest BCUT2D eigenvalue weighted by molar-refractivity contribution is 0.408. The van der Waals surface area contributed by atoms with Gasteiger partial charge in [0.2, 0.25) is 0 Å². The molecule has 1 N–H and O–H groups in total. The standard InChI is InChI=1S/C15H21NO/c1-3-14(4-2)17-15-7-5-12(6-8-15)13-9-10-16-11-13/h3,5-8,13,16H,4,9-11H2,1-2H3. The minimum atomic E-state index is 0.677. The Morgan fingerprint density at radius 1 is 1.41 bits per heavy atom. The summed E-state index contributed by atoms with van der Waals surface area (Å²) in [6.45, 7) is 6.36. The van der Waals surface area contributed by atoms with E-state index in [1.807, 2.05) is 13.0 Å². The number of ether oxygens (including phenoxy) is 1. The summed E-state index contributed by atoms with van der Waals surface area (Å²) in [5, 5.41) is 3.40. The van der Waals surface area contributed by atoms with Crippen LogP contribution in [0.4, 0.5) is 0 Å². The summed E-state index contributed by atoms with van der Waals surface area (Å²) in [7, 11) is 0. The highest BCUT2D eigenvalue weighted by Gasteiger charge is 2.16. The number of allylic oxidation sites excluding steroid dienone is 2. The summed E-state index contributed by atoms with van der Waals surface area (Å²) in [5.74, 6) is 2.64. The van der Waals surface area contributed by atoms with Crippen molar-refractivity contribution in [1.82, 2.24) is 5.32 Å². The number of rotatable bonds is 4. The topological polar surface area (TPSA) is 21.3 Å². The lowest BCUT2D eigenvalue weighted by atomic mass is 9.98. The van der Waals surface area contributed by atoms with Crippen molar-refractivity contribution in [1.29, 1.82) is 0 Å². The van der Waals surface area contributed by atoms with E-state index in [0.717, 1.165) is 31.0 Å². The molecule has 1 aromatic rings. The van der Waals surface area contributed by atoms with Gasteiger partial charge in [-0.25, -0.2) is 0 Å². The first kappa shape index (κ1) is 12.2.